The van der Waals surface area contributed by atoms with Crippen molar-refractivity contribution in [1.29, 1.82) is 0 Å². The van der Waals surface area contributed by atoms with Gasteiger partial charge in [-0.15, -0.1) is 0 Å². The van der Waals surface area contributed by atoms with Crippen LogP contribution in [-0.4, -0.2) is 32.6 Å². The highest BCUT2D eigenvalue weighted by atomic mass is 19.1. The van der Waals surface area contributed by atoms with Crippen molar-refractivity contribution in [3.8, 4) is 11.5 Å². The lowest BCUT2D eigenvalue weighted by atomic mass is 10.0. The maximum atomic E-state index is 13.2. The van der Waals surface area contributed by atoms with Gasteiger partial charge in [-0.1, -0.05) is 6.07 Å². The molecule has 32 heavy (non-hydrogen) atoms. The molecular weight excluding hydrogens is 411 g/mol. The molecule has 0 atom stereocenters. The van der Waals surface area contributed by atoms with Gasteiger partial charge in [-0.3, -0.25) is 9.59 Å². The maximum absolute atomic E-state index is 13.2. The van der Waals surface area contributed by atoms with E-state index in [1.165, 1.54) is 24.3 Å². The Kier molecular flexibility index (Phi) is 6.07. The largest absolute Gasteiger partial charge is 0.497 e. The summed E-state index contributed by atoms with van der Waals surface area (Å²) in [6.07, 6.45) is 0.564. The Morgan fingerprint density at radius 2 is 1.81 bits per heavy atom. The minimum Gasteiger partial charge on any atom is -0.497 e. The number of benzene rings is 3. The summed E-state index contributed by atoms with van der Waals surface area (Å²) in [5, 5.41) is 2.93. The van der Waals surface area contributed by atoms with E-state index in [9.17, 15) is 14.0 Å². The van der Waals surface area contributed by atoms with E-state index in [4.69, 9.17) is 9.47 Å². The van der Waals surface area contributed by atoms with Crippen LogP contribution >= 0.6 is 0 Å². The summed E-state index contributed by atoms with van der Waals surface area (Å²) >= 11 is 0. The lowest BCUT2D eigenvalue weighted by Crippen LogP contribution is -2.28. The number of hydrogen-bond acceptors (Lipinski definition) is 4. The molecular formula is C25H23FN2O4. The Bertz CT molecular complexity index is 1160. The fourth-order valence-electron chi connectivity index (χ4n) is 3.90. The quantitative estimate of drug-likeness (QED) is 0.637. The van der Waals surface area contributed by atoms with Gasteiger partial charge in [0.2, 0.25) is 0 Å². The van der Waals surface area contributed by atoms with Crippen molar-refractivity contribution in [1.82, 2.24) is 5.32 Å². The van der Waals surface area contributed by atoms with Crippen LogP contribution in [0.25, 0.3) is 0 Å². The zero-order chi connectivity index (χ0) is 22.7. The molecule has 164 valence electrons. The van der Waals surface area contributed by atoms with E-state index in [2.05, 4.69) is 5.32 Å². The van der Waals surface area contributed by atoms with E-state index in [-0.39, 0.29) is 18.4 Å². The van der Waals surface area contributed by atoms with Crippen LogP contribution in [0.5, 0.6) is 11.5 Å². The number of methoxy groups -OCH3 is 2. The molecule has 2 amide bonds. The third kappa shape index (κ3) is 4.14. The summed E-state index contributed by atoms with van der Waals surface area (Å²) in [6, 6.07) is 16.2. The third-order valence-corrected chi connectivity index (χ3v) is 5.54. The fraction of sp³-hybridized carbons (Fsp3) is 0.200. The number of carbonyl (C=O) groups excluding carboxylic acids is 2. The van der Waals surface area contributed by atoms with Crippen LogP contribution in [0.1, 0.15) is 31.8 Å². The molecule has 4 rings (SSSR count). The smallest absolute Gasteiger partial charge is 0.258 e. The molecule has 0 saturated heterocycles. The number of hydrogen-bond donors (Lipinski definition) is 1. The first-order chi connectivity index (χ1) is 15.5. The first kappa shape index (κ1) is 21.4. The molecule has 3 aromatic rings. The number of fused-ring (bicyclic) bond motifs is 1. The number of halogens is 1. The van der Waals surface area contributed by atoms with Crippen molar-refractivity contribution in [2.24, 2.45) is 0 Å². The van der Waals surface area contributed by atoms with Crippen LogP contribution in [0.2, 0.25) is 0 Å². The van der Waals surface area contributed by atoms with Crippen LogP contribution in [0.3, 0.4) is 0 Å². The normalized spacial score (nSPS) is 12.3. The molecule has 1 N–H and O–H groups in total. The van der Waals surface area contributed by atoms with E-state index >= 15 is 0 Å². The van der Waals surface area contributed by atoms with Crippen LogP contribution in [-0.2, 0) is 13.0 Å². The summed E-state index contributed by atoms with van der Waals surface area (Å²) in [5.74, 6) is 0.478. The van der Waals surface area contributed by atoms with E-state index in [0.717, 1.165) is 11.1 Å². The van der Waals surface area contributed by atoms with Crippen molar-refractivity contribution in [2.45, 2.75) is 13.0 Å². The number of nitrogens with one attached hydrogen (secondary N) is 1. The lowest BCUT2D eigenvalue weighted by molar-refractivity contribution is 0.0948. The van der Waals surface area contributed by atoms with Gasteiger partial charge in [-0.05, 0) is 66.6 Å². The van der Waals surface area contributed by atoms with Crippen LogP contribution in [0.4, 0.5) is 10.1 Å². The van der Waals surface area contributed by atoms with Crippen molar-refractivity contribution >= 4 is 17.5 Å². The van der Waals surface area contributed by atoms with Gasteiger partial charge in [0.1, 0.15) is 17.3 Å². The monoisotopic (exact) mass is 434 g/mol. The van der Waals surface area contributed by atoms with E-state index < -0.39 is 5.82 Å². The SMILES string of the molecule is COc1ccc(OC)c(CNC(=O)c2cccc3c2CCN3C(=O)c2ccc(F)cc2)c1. The Hall–Kier alpha value is -3.87. The molecule has 1 aliphatic rings. The summed E-state index contributed by atoms with van der Waals surface area (Å²) in [7, 11) is 3.15. The maximum Gasteiger partial charge on any atom is 0.258 e. The highest BCUT2D eigenvalue weighted by molar-refractivity contribution is 6.08. The van der Waals surface area contributed by atoms with Gasteiger partial charge < -0.3 is 19.7 Å². The van der Waals surface area contributed by atoms with Gasteiger partial charge in [0.25, 0.3) is 11.8 Å². The molecule has 0 unspecified atom stereocenters. The van der Waals surface area contributed by atoms with E-state index in [1.807, 2.05) is 12.1 Å². The molecule has 3 aromatic carbocycles. The van der Waals surface area contributed by atoms with E-state index in [0.29, 0.717) is 41.3 Å². The zero-order valence-electron chi connectivity index (χ0n) is 17.9. The second-order valence-electron chi connectivity index (χ2n) is 7.38. The Labute approximate surface area is 185 Å². The number of ether oxygens (including phenoxy) is 2. The molecule has 1 aliphatic heterocycles. The number of nitrogens with zero attached hydrogens (tertiary/aromatic N) is 1. The Morgan fingerprint density at radius 3 is 2.53 bits per heavy atom. The average Bonchev–Trinajstić information content (AvgIpc) is 3.26. The molecule has 7 heteroatoms. The molecule has 0 fully saturated rings. The molecule has 0 saturated carbocycles. The van der Waals surface area contributed by atoms with Gasteiger partial charge in [0, 0.05) is 35.5 Å². The molecule has 0 aliphatic carbocycles. The fourth-order valence-corrected chi connectivity index (χ4v) is 3.90. The van der Waals surface area contributed by atoms with E-state index in [1.54, 1.807) is 43.4 Å². The zero-order valence-corrected chi connectivity index (χ0v) is 17.9. The highest BCUT2D eigenvalue weighted by Crippen LogP contribution is 2.32. The Balaban J connectivity index is 1.53. The molecule has 0 spiro atoms. The lowest BCUT2D eigenvalue weighted by Gasteiger charge is -2.18. The van der Waals surface area contributed by atoms with Crippen molar-refractivity contribution in [3.05, 3.63) is 88.7 Å². The summed E-state index contributed by atoms with van der Waals surface area (Å²) in [4.78, 5) is 27.5. The molecule has 0 radical (unpaired) electrons. The van der Waals surface area contributed by atoms with Gasteiger partial charge >= 0.3 is 0 Å². The Morgan fingerprint density at radius 1 is 1.03 bits per heavy atom. The summed E-state index contributed by atoms with van der Waals surface area (Å²) in [5.41, 5.74) is 3.24. The second-order valence-corrected chi connectivity index (χ2v) is 7.38. The summed E-state index contributed by atoms with van der Waals surface area (Å²) in [6.45, 7) is 0.723. The molecule has 6 nitrogen and oxygen atoms in total. The summed E-state index contributed by atoms with van der Waals surface area (Å²) < 4.78 is 23.8. The number of anilines is 1. The van der Waals surface area contributed by atoms with Crippen molar-refractivity contribution in [3.63, 3.8) is 0 Å². The predicted octanol–water partition coefficient (Wildman–Crippen LogP) is 3.98. The second kappa shape index (κ2) is 9.09. The molecule has 0 aromatic heterocycles. The molecule has 1 heterocycles. The number of carbonyl (C=O) groups is 2. The van der Waals surface area contributed by atoms with Crippen molar-refractivity contribution in [2.75, 3.05) is 25.7 Å². The van der Waals surface area contributed by atoms with Gasteiger partial charge in [-0.25, -0.2) is 4.39 Å². The topological polar surface area (TPSA) is 67.9 Å². The van der Waals surface area contributed by atoms with Crippen molar-refractivity contribution < 1.29 is 23.5 Å². The number of rotatable bonds is 6. The van der Waals surface area contributed by atoms with Crippen LogP contribution in [0.15, 0.2) is 60.7 Å². The van der Waals surface area contributed by atoms with Crippen LogP contribution < -0.4 is 19.7 Å². The van der Waals surface area contributed by atoms with Gasteiger partial charge in [0.15, 0.2) is 0 Å². The van der Waals surface area contributed by atoms with Gasteiger partial charge in [-0.2, -0.15) is 0 Å². The van der Waals surface area contributed by atoms with Gasteiger partial charge in [0.05, 0.1) is 14.2 Å². The molecule has 0 bridgehead atoms. The predicted molar refractivity (Wildman–Crippen MR) is 119 cm³/mol. The average molecular weight is 434 g/mol. The minimum absolute atomic E-state index is 0.220. The highest BCUT2D eigenvalue weighted by Gasteiger charge is 2.29. The minimum atomic E-state index is -0.394. The first-order valence-corrected chi connectivity index (χ1v) is 10.2. The third-order valence-electron chi connectivity index (χ3n) is 5.54. The first-order valence-electron chi connectivity index (χ1n) is 10.2. The van der Waals surface area contributed by atoms with Crippen LogP contribution in [0, 0.1) is 5.82 Å². The number of amides is 2. The standard InChI is InChI=1S/C25H23FN2O4/c1-31-19-10-11-23(32-2)17(14-19)15-27-24(29)21-4-3-5-22-20(21)12-13-28(22)25(30)16-6-8-18(26)9-7-16/h3-11,14H,12-13,15H2,1-2H3,(H,27,29).